The molecule has 0 atom stereocenters. The van der Waals surface area contributed by atoms with Gasteiger partial charge in [-0.15, -0.1) is 0 Å². The summed E-state index contributed by atoms with van der Waals surface area (Å²) in [5.74, 6) is -0.640. The van der Waals surface area contributed by atoms with Gasteiger partial charge in [0.25, 0.3) is 0 Å². The van der Waals surface area contributed by atoms with Crippen molar-refractivity contribution in [3.05, 3.63) is 119 Å². The van der Waals surface area contributed by atoms with Gasteiger partial charge < -0.3 is 0 Å². The smallest absolute Gasteiger partial charge is 0.196 e. The number of carbonyl (C=O) groups excluding carboxylic acids is 2. The van der Waals surface area contributed by atoms with Crippen LogP contribution in [0.2, 0.25) is 0 Å². The lowest BCUT2D eigenvalue weighted by Gasteiger charge is -2.43. The summed E-state index contributed by atoms with van der Waals surface area (Å²) in [5, 5.41) is 4.53. The summed E-state index contributed by atoms with van der Waals surface area (Å²) in [6.45, 7) is 4.96. The van der Waals surface area contributed by atoms with Crippen LogP contribution in [0.3, 0.4) is 0 Å². The van der Waals surface area contributed by atoms with Gasteiger partial charge in [-0.2, -0.15) is 5.10 Å². The molecule has 2 heterocycles. The number of fused-ring (bicyclic) bond motifs is 1. The fourth-order valence-electron chi connectivity index (χ4n) is 5.63. The molecule has 0 unspecified atom stereocenters. The van der Waals surface area contributed by atoms with Gasteiger partial charge in [0.05, 0.1) is 11.9 Å². The molecule has 0 saturated carbocycles. The van der Waals surface area contributed by atoms with E-state index in [-0.39, 0.29) is 17.4 Å². The Bertz CT molecular complexity index is 1450. The Morgan fingerprint density at radius 2 is 1.51 bits per heavy atom. The van der Waals surface area contributed by atoms with Crippen LogP contribution in [0.1, 0.15) is 37.4 Å². The Balaban J connectivity index is 1.34. The van der Waals surface area contributed by atoms with E-state index in [1.54, 1.807) is 53.5 Å². The van der Waals surface area contributed by atoms with Crippen molar-refractivity contribution < 1.29 is 14.0 Å². The van der Waals surface area contributed by atoms with Gasteiger partial charge in [0.2, 0.25) is 0 Å². The normalized spacial score (nSPS) is 17.8. The standard InChI is InChI=1S/C30H27FN4O2/c1-21-11-12-24(31)17-22(21)19-33-13-15-34(16-14-33)30(28(36)26-9-5-6-10-27(26)29(30)37)23-18-32-35(20-23)25-7-3-2-4-8-25/h2-12,17-18,20H,13-16,19H2,1H3. The molecule has 1 fully saturated rings. The molecule has 1 saturated heterocycles. The highest BCUT2D eigenvalue weighted by atomic mass is 19.1. The summed E-state index contributed by atoms with van der Waals surface area (Å²) in [7, 11) is 0. The SMILES string of the molecule is Cc1ccc(F)cc1CN1CCN(C2(c3cnn(-c4ccccc4)c3)C(=O)c3ccccc3C2=O)CC1. The zero-order valence-corrected chi connectivity index (χ0v) is 20.6. The molecule has 1 aliphatic carbocycles. The van der Waals surface area contributed by atoms with Crippen molar-refractivity contribution in [1.29, 1.82) is 0 Å². The molecule has 186 valence electrons. The summed E-state index contributed by atoms with van der Waals surface area (Å²) in [6, 6.07) is 21.6. The average molecular weight is 495 g/mol. The first-order chi connectivity index (χ1) is 18.0. The highest BCUT2D eigenvalue weighted by Crippen LogP contribution is 2.43. The fourth-order valence-corrected chi connectivity index (χ4v) is 5.63. The van der Waals surface area contributed by atoms with Gasteiger partial charge in [0.1, 0.15) is 5.82 Å². The number of halogens is 1. The Hall–Kier alpha value is -3.94. The van der Waals surface area contributed by atoms with Crippen molar-refractivity contribution in [2.45, 2.75) is 19.0 Å². The van der Waals surface area contributed by atoms with E-state index in [4.69, 9.17) is 0 Å². The largest absolute Gasteiger partial charge is 0.297 e. The van der Waals surface area contributed by atoms with E-state index in [0.29, 0.717) is 49.4 Å². The highest BCUT2D eigenvalue weighted by Gasteiger charge is 2.58. The van der Waals surface area contributed by atoms with Gasteiger partial charge in [0.15, 0.2) is 17.1 Å². The van der Waals surface area contributed by atoms with Crippen LogP contribution >= 0.6 is 0 Å². The minimum absolute atomic E-state index is 0.199. The first kappa shape index (κ1) is 23.5. The van der Waals surface area contributed by atoms with E-state index >= 15 is 0 Å². The second kappa shape index (κ2) is 9.18. The topological polar surface area (TPSA) is 58.4 Å². The number of aryl methyl sites for hydroxylation is 1. The second-order valence-electron chi connectivity index (χ2n) is 9.76. The van der Waals surface area contributed by atoms with Gasteiger partial charge in [-0.3, -0.25) is 19.4 Å². The highest BCUT2D eigenvalue weighted by molar-refractivity contribution is 6.32. The lowest BCUT2D eigenvalue weighted by Crippen LogP contribution is -2.60. The molecule has 1 aromatic heterocycles. The minimum Gasteiger partial charge on any atom is -0.297 e. The van der Waals surface area contributed by atoms with Gasteiger partial charge in [-0.05, 0) is 42.3 Å². The maximum atomic E-state index is 14.1. The lowest BCUT2D eigenvalue weighted by molar-refractivity contribution is 0.0278. The molecule has 0 N–H and O–H groups in total. The average Bonchev–Trinajstić information content (AvgIpc) is 3.50. The second-order valence-corrected chi connectivity index (χ2v) is 9.76. The number of Topliss-reactive ketones (excluding diaryl/α,β-unsaturated/α-hetero) is 2. The number of hydrogen-bond donors (Lipinski definition) is 0. The minimum atomic E-state index is -1.45. The maximum Gasteiger partial charge on any atom is 0.196 e. The maximum absolute atomic E-state index is 14.1. The van der Waals surface area contributed by atoms with E-state index in [9.17, 15) is 14.0 Å². The van der Waals surface area contributed by atoms with E-state index in [1.807, 2.05) is 42.2 Å². The third-order valence-electron chi connectivity index (χ3n) is 7.65. The first-order valence-electron chi connectivity index (χ1n) is 12.5. The molecule has 3 aromatic carbocycles. The Morgan fingerprint density at radius 1 is 0.865 bits per heavy atom. The number of para-hydroxylation sites is 1. The van der Waals surface area contributed by atoms with Crippen LogP contribution in [-0.2, 0) is 12.1 Å². The van der Waals surface area contributed by atoms with Crippen molar-refractivity contribution in [1.82, 2.24) is 19.6 Å². The van der Waals surface area contributed by atoms with Crippen molar-refractivity contribution in [3.63, 3.8) is 0 Å². The molecule has 37 heavy (non-hydrogen) atoms. The number of ketones is 2. The van der Waals surface area contributed by atoms with E-state index < -0.39 is 5.54 Å². The molecular weight excluding hydrogens is 467 g/mol. The Morgan fingerprint density at radius 3 is 2.19 bits per heavy atom. The van der Waals surface area contributed by atoms with Crippen LogP contribution in [0, 0.1) is 12.7 Å². The summed E-state index contributed by atoms with van der Waals surface area (Å²) >= 11 is 0. The van der Waals surface area contributed by atoms with Crippen molar-refractivity contribution in [2.24, 2.45) is 0 Å². The third kappa shape index (κ3) is 3.82. The fraction of sp³-hybridized carbons (Fsp3) is 0.233. The van der Waals surface area contributed by atoms with Crippen LogP contribution in [0.4, 0.5) is 4.39 Å². The third-order valence-corrected chi connectivity index (χ3v) is 7.65. The predicted molar refractivity (Wildman–Crippen MR) is 138 cm³/mol. The number of benzene rings is 3. The Labute approximate surface area is 214 Å². The van der Waals surface area contributed by atoms with Gasteiger partial charge in [-0.1, -0.05) is 48.5 Å². The first-order valence-corrected chi connectivity index (χ1v) is 12.5. The van der Waals surface area contributed by atoms with E-state index in [0.717, 1.165) is 16.8 Å². The molecule has 4 aromatic rings. The predicted octanol–water partition coefficient (Wildman–Crippen LogP) is 4.41. The van der Waals surface area contributed by atoms with Crippen LogP contribution in [-0.4, -0.2) is 57.3 Å². The summed E-state index contributed by atoms with van der Waals surface area (Å²) in [6.07, 6.45) is 3.46. The molecule has 1 aliphatic heterocycles. The zero-order valence-electron chi connectivity index (χ0n) is 20.6. The molecule has 6 rings (SSSR count). The quantitative estimate of drug-likeness (QED) is 0.385. The monoisotopic (exact) mass is 494 g/mol. The summed E-state index contributed by atoms with van der Waals surface area (Å²) in [4.78, 5) is 32.4. The molecule has 0 amide bonds. The van der Waals surface area contributed by atoms with Gasteiger partial charge in [-0.25, -0.2) is 9.07 Å². The number of aromatic nitrogens is 2. The van der Waals surface area contributed by atoms with Crippen LogP contribution in [0.25, 0.3) is 5.69 Å². The number of carbonyl (C=O) groups is 2. The number of rotatable bonds is 5. The molecule has 0 bridgehead atoms. The van der Waals surface area contributed by atoms with E-state index in [2.05, 4.69) is 10.00 Å². The van der Waals surface area contributed by atoms with Crippen molar-refractivity contribution in [2.75, 3.05) is 26.2 Å². The summed E-state index contributed by atoms with van der Waals surface area (Å²) < 4.78 is 15.5. The lowest BCUT2D eigenvalue weighted by atomic mass is 9.84. The van der Waals surface area contributed by atoms with Gasteiger partial charge in [0, 0.05) is 55.6 Å². The van der Waals surface area contributed by atoms with Crippen molar-refractivity contribution >= 4 is 11.6 Å². The number of piperazine rings is 1. The summed E-state index contributed by atoms with van der Waals surface area (Å²) in [5.41, 5.74) is 2.90. The number of hydrogen-bond acceptors (Lipinski definition) is 5. The number of nitrogens with zero attached hydrogens (tertiary/aromatic N) is 4. The molecule has 7 heteroatoms. The molecular formula is C30H27FN4O2. The van der Waals surface area contributed by atoms with Crippen LogP contribution < -0.4 is 0 Å². The van der Waals surface area contributed by atoms with Crippen LogP contribution in [0.5, 0.6) is 0 Å². The van der Waals surface area contributed by atoms with E-state index in [1.165, 1.54) is 6.07 Å². The molecule has 0 radical (unpaired) electrons. The van der Waals surface area contributed by atoms with Crippen LogP contribution in [0.15, 0.2) is 85.2 Å². The Kier molecular flexibility index (Phi) is 5.82. The van der Waals surface area contributed by atoms with Gasteiger partial charge >= 0.3 is 0 Å². The molecule has 2 aliphatic rings. The molecule has 6 nitrogen and oxygen atoms in total. The zero-order chi connectivity index (χ0) is 25.6. The molecule has 0 spiro atoms. The van der Waals surface area contributed by atoms with Crippen molar-refractivity contribution in [3.8, 4) is 5.69 Å².